The van der Waals surface area contributed by atoms with E-state index >= 15 is 0 Å². The summed E-state index contributed by atoms with van der Waals surface area (Å²) in [7, 11) is 1.37. The van der Waals surface area contributed by atoms with E-state index in [0.29, 0.717) is 36.3 Å². The molecule has 7 heteroatoms. The van der Waals surface area contributed by atoms with Crippen LogP contribution in [0.5, 0.6) is 0 Å². The molecule has 2 fully saturated rings. The molecule has 0 saturated carbocycles. The van der Waals surface area contributed by atoms with E-state index in [4.69, 9.17) is 4.74 Å². The second-order valence-corrected chi connectivity index (χ2v) is 9.91. The minimum Gasteiger partial charge on any atom is -0.465 e. The summed E-state index contributed by atoms with van der Waals surface area (Å²) in [5, 5.41) is 3.09. The molecular formula is C28H38N4O3. The van der Waals surface area contributed by atoms with Gasteiger partial charge in [-0.2, -0.15) is 0 Å². The summed E-state index contributed by atoms with van der Waals surface area (Å²) in [6, 6.07) is 14.6. The number of para-hydroxylation sites is 1. The van der Waals surface area contributed by atoms with Gasteiger partial charge in [-0.25, -0.2) is 9.59 Å². The molecule has 7 nitrogen and oxygen atoms in total. The Morgan fingerprint density at radius 3 is 2.20 bits per heavy atom. The van der Waals surface area contributed by atoms with E-state index in [1.54, 1.807) is 6.07 Å². The fraction of sp³-hybridized carbons (Fsp3) is 0.500. The van der Waals surface area contributed by atoms with Crippen LogP contribution in [0.2, 0.25) is 0 Å². The van der Waals surface area contributed by atoms with E-state index in [2.05, 4.69) is 60.2 Å². The standard InChI is InChI=1S/C28H38N4O3/c1-20(2)30-16-18-31(19-17-30)25-7-5-6-24(27(33)35-4)26(25)29-28(34)32-14-12-23(13-15-32)22-10-8-21(3)9-11-22/h5-11,20,23H,12-19H2,1-4H3,(H,29,34). The number of carbonyl (C=O) groups is 2. The van der Waals surface area contributed by atoms with Gasteiger partial charge < -0.3 is 19.9 Å². The molecule has 0 aromatic heterocycles. The average molecular weight is 479 g/mol. The van der Waals surface area contributed by atoms with Crippen LogP contribution in [0.25, 0.3) is 0 Å². The van der Waals surface area contributed by atoms with Gasteiger partial charge in [0.2, 0.25) is 0 Å². The van der Waals surface area contributed by atoms with E-state index < -0.39 is 5.97 Å². The maximum Gasteiger partial charge on any atom is 0.340 e. The van der Waals surface area contributed by atoms with Gasteiger partial charge in [-0.3, -0.25) is 4.90 Å². The van der Waals surface area contributed by atoms with Crippen LogP contribution in [-0.2, 0) is 4.74 Å². The summed E-state index contributed by atoms with van der Waals surface area (Å²) in [4.78, 5) is 32.5. The molecule has 2 saturated heterocycles. The maximum atomic E-state index is 13.3. The lowest BCUT2D eigenvalue weighted by atomic mass is 9.89. The monoisotopic (exact) mass is 478 g/mol. The van der Waals surface area contributed by atoms with Gasteiger partial charge in [0, 0.05) is 45.3 Å². The number of carbonyl (C=O) groups excluding carboxylic acids is 2. The number of piperidine rings is 1. The van der Waals surface area contributed by atoms with E-state index in [0.717, 1.165) is 44.7 Å². The van der Waals surface area contributed by atoms with Crippen molar-refractivity contribution in [2.24, 2.45) is 0 Å². The van der Waals surface area contributed by atoms with Gasteiger partial charge >= 0.3 is 12.0 Å². The molecule has 2 amide bonds. The van der Waals surface area contributed by atoms with Crippen molar-refractivity contribution in [3.8, 4) is 0 Å². The van der Waals surface area contributed by atoms with Gasteiger partial charge in [0.25, 0.3) is 0 Å². The number of urea groups is 1. The van der Waals surface area contributed by atoms with Gasteiger partial charge in [0.05, 0.1) is 24.0 Å². The second kappa shape index (κ2) is 11.1. The molecule has 0 radical (unpaired) electrons. The molecule has 0 aliphatic carbocycles. The average Bonchev–Trinajstić information content (AvgIpc) is 2.89. The highest BCUT2D eigenvalue weighted by Crippen LogP contribution is 2.33. The minimum absolute atomic E-state index is 0.161. The number of esters is 1. The smallest absolute Gasteiger partial charge is 0.340 e. The third kappa shape index (κ3) is 5.78. The Hall–Kier alpha value is -3.06. The van der Waals surface area contributed by atoms with E-state index in [1.165, 1.54) is 18.2 Å². The van der Waals surface area contributed by atoms with Crippen molar-refractivity contribution in [1.29, 1.82) is 0 Å². The highest BCUT2D eigenvalue weighted by Gasteiger charge is 2.28. The topological polar surface area (TPSA) is 65.1 Å². The van der Waals surface area contributed by atoms with Crippen LogP contribution in [0, 0.1) is 6.92 Å². The van der Waals surface area contributed by atoms with Crippen LogP contribution in [-0.4, -0.2) is 74.2 Å². The molecular weight excluding hydrogens is 440 g/mol. The van der Waals surface area contributed by atoms with Gasteiger partial charge in [0.15, 0.2) is 0 Å². The van der Waals surface area contributed by atoms with Crippen LogP contribution < -0.4 is 10.2 Å². The molecule has 0 bridgehead atoms. The normalized spacial score (nSPS) is 17.5. The zero-order valence-corrected chi connectivity index (χ0v) is 21.4. The lowest BCUT2D eigenvalue weighted by Gasteiger charge is -2.39. The molecule has 2 aromatic carbocycles. The van der Waals surface area contributed by atoms with Crippen molar-refractivity contribution in [1.82, 2.24) is 9.80 Å². The number of nitrogens with zero attached hydrogens (tertiary/aromatic N) is 3. The molecule has 2 aromatic rings. The third-order valence-electron chi connectivity index (χ3n) is 7.40. The molecule has 188 valence electrons. The Morgan fingerprint density at radius 2 is 1.60 bits per heavy atom. The highest BCUT2D eigenvalue weighted by molar-refractivity contribution is 6.04. The molecule has 35 heavy (non-hydrogen) atoms. The summed E-state index contributed by atoms with van der Waals surface area (Å²) in [5.41, 5.74) is 4.41. The Balaban J connectivity index is 1.48. The lowest BCUT2D eigenvalue weighted by Crippen LogP contribution is -2.49. The molecule has 1 N–H and O–H groups in total. The summed E-state index contributed by atoms with van der Waals surface area (Å²) in [5.74, 6) is 0.0239. The number of benzene rings is 2. The predicted octanol–water partition coefficient (Wildman–Crippen LogP) is 4.72. The van der Waals surface area contributed by atoms with Crippen molar-refractivity contribution in [2.45, 2.75) is 45.6 Å². The summed E-state index contributed by atoms with van der Waals surface area (Å²) in [6.45, 7) is 11.5. The minimum atomic E-state index is -0.443. The van der Waals surface area contributed by atoms with Crippen molar-refractivity contribution in [3.05, 3.63) is 59.2 Å². The molecule has 4 rings (SSSR count). The number of aryl methyl sites for hydroxylation is 1. The zero-order chi connectivity index (χ0) is 24.9. The first kappa shape index (κ1) is 25.0. The van der Waals surface area contributed by atoms with E-state index in [9.17, 15) is 9.59 Å². The van der Waals surface area contributed by atoms with Gasteiger partial charge in [-0.1, -0.05) is 35.9 Å². The van der Waals surface area contributed by atoms with Crippen LogP contribution in [0.15, 0.2) is 42.5 Å². The van der Waals surface area contributed by atoms with Crippen molar-refractivity contribution in [2.75, 3.05) is 56.6 Å². The Morgan fingerprint density at radius 1 is 0.943 bits per heavy atom. The van der Waals surface area contributed by atoms with Gasteiger partial charge in [-0.05, 0) is 57.2 Å². The number of methoxy groups -OCH3 is 1. The predicted molar refractivity (Wildman–Crippen MR) is 140 cm³/mol. The number of ether oxygens (including phenoxy) is 1. The maximum absolute atomic E-state index is 13.3. The Bertz CT molecular complexity index is 1020. The van der Waals surface area contributed by atoms with Gasteiger partial charge in [0.1, 0.15) is 0 Å². The molecule has 0 unspecified atom stereocenters. The number of piperazine rings is 1. The van der Waals surface area contributed by atoms with Crippen LogP contribution in [0.4, 0.5) is 16.2 Å². The summed E-state index contributed by atoms with van der Waals surface area (Å²) >= 11 is 0. The third-order valence-corrected chi connectivity index (χ3v) is 7.40. The molecule has 2 aliphatic rings. The number of hydrogen-bond donors (Lipinski definition) is 1. The largest absolute Gasteiger partial charge is 0.465 e. The zero-order valence-electron chi connectivity index (χ0n) is 21.4. The SMILES string of the molecule is COC(=O)c1cccc(N2CCN(C(C)C)CC2)c1NC(=O)N1CCC(c2ccc(C)cc2)CC1. The second-order valence-electron chi connectivity index (χ2n) is 9.91. The summed E-state index contributed by atoms with van der Waals surface area (Å²) < 4.78 is 5.04. The quantitative estimate of drug-likeness (QED) is 0.630. The molecule has 0 atom stereocenters. The number of nitrogens with one attached hydrogen (secondary N) is 1. The van der Waals surface area contributed by atoms with Crippen molar-refractivity contribution < 1.29 is 14.3 Å². The first-order chi connectivity index (χ1) is 16.9. The van der Waals surface area contributed by atoms with Crippen LogP contribution in [0.3, 0.4) is 0 Å². The Labute approximate surface area is 209 Å². The number of hydrogen-bond acceptors (Lipinski definition) is 5. The molecule has 0 spiro atoms. The van der Waals surface area contributed by atoms with Gasteiger partial charge in [-0.15, -0.1) is 0 Å². The van der Waals surface area contributed by atoms with Crippen molar-refractivity contribution >= 4 is 23.4 Å². The fourth-order valence-electron chi connectivity index (χ4n) is 5.13. The van der Waals surface area contributed by atoms with Crippen molar-refractivity contribution in [3.63, 3.8) is 0 Å². The number of amides is 2. The molecule has 2 aliphatic heterocycles. The van der Waals surface area contributed by atoms with E-state index in [1.807, 2.05) is 17.0 Å². The number of likely N-dealkylation sites (tertiary alicyclic amines) is 1. The lowest BCUT2D eigenvalue weighted by molar-refractivity contribution is 0.0602. The Kier molecular flexibility index (Phi) is 7.96. The van der Waals surface area contributed by atoms with E-state index in [-0.39, 0.29) is 6.03 Å². The first-order valence-corrected chi connectivity index (χ1v) is 12.7. The highest BCUT2D eigenvalue weighted by atomic mass is 16.5. The first-order valence-electron chi connectivity index (χ1n) is 12.7. The number of anilines is 2. The van der Waals surface area contributed by atoms with Crippen LogP contribution >= 0.6 is 0 Å². The fourth-order valence-corrected chi connectivity index (χ4v) is 5.13. The molecule has 2 heterocycles. The van der Waals surface area contributed by atoms with Crippen LogP contribution in [0.1, 0.15) is 54.1 Å². The summed E-state index contributed by atoms with van der Waals surface area (Å²) in [6.07, 6.45) is 1.86. The number of rotatable bonds is 5.